The molecule has 0 aromatic heterocycles. The van der Waals surface area contributed by atoms with E-state index in [0.717, 1.165) is 19.3 Å². The van der Waals surface area contributed by atoms with Gasteiger partial charge in [-0.15, -0.1) is 0 Å². The highest BCUT2D eigenvalue weighted by atomic mass is 35.5. The highest BCUT2D eigenvalue weighted by molar-refractivity contribution is 6.31. The molecule has 4 heterocycles. The average Bonchev–Trinajstić information content (AvgIpc) is 3.88. The first-order valence-electron chi connectivity index (χ1n) is 21.7. The molecule has 1 unspecified atom stereocenters. The van der Waals surface area contributed by atoms with Gasteiger partial charge in [0.25, 0.3) is 5.91 Å². The van der Waals surface area contributed by atoms with Crippen LogP contribution in [0.5, 0.6) is 0 Å². The van der Waals surface area contributed by atoms with Gasteiger partial charge in [0.1, 0.15) is 23.1 Å². The lowest BCUT2D eigenvalue weighted by atomic mass is 9.55. The van der Waals surface area contributed by atoms with E-state index in [0.29, 0.717) is 89.3 Å². The molecule has 5 aliphatic rings. The number of hydrogen-bond acceptors (Lipinski definition) is 6. The van der Waals surface area contributed by atoms with Crippen LogP contribution in [0.3, 0.4) is 0 Å². The fourth-order valence-electron chi connectivity index (χ4n) is 10.8. The van der Waals surface area contributed by atoms with Gasteiger partial charge in [-0.05, 0) is 104 Å². The molecule has 4 atom stereocenters. The van der Waals surface area contributed by atoms with Gasteiger partial charge in [0.2, 0.25) is 17.7 Å². The fourth-order valence-corrected chi connectivity index (χ4v) is 11.2. The quantitative estimate of drug-likeness (QED) is 0.0752. The van der Waals surface area contributed by atoms with Crippen molar-refractivity contribution in [3.05, 3.63) is 140 Å². The number of halogens is 4. The van der Waals surface area contributed by atoms with Gasteiger partial charge in [0, 0.05) is 69.6 Å². The molecule has 14 heteroatoms. The smallest absolute Gasteiger partial charge is 0.258 e. The van der Waals surface area contributed by atoms with Crippen LogP contribution in [0.15, 0.2) is 85.1 Å². The topological polar surface area (TPSA) is 137 Å². The number of nitrogens with one attached hydrogen (secondary N) is 4. The zero-order chi connectivity index (χ0) is 44.9. The molecule has 4 aromatic rings. The van der Waals surface area contributed by atoms with E-state index in [9.17, 15) is 28.4 Å². The minimum Gasteiger partial charge on any atom is -0.329 e. The van der Waals surface area contributed by atoms with Crippen LogP contribution in [0.4, 0.5) is 20.2 Å². The van der Waals surface area contributed by atoms with Crippen LogP contribution in [0.2, 0.25) is 10.0 Å². The second kappa shape index (κ2) is 17.3. The summed E-state index contributed by atoms with van der Waals surface area (Å²) in [7, 11) is 0. The Balaban J connectivity index is 0.863. The van der Waals surface area contributed by atoms with Crippen LogP contribution in [-0.4, -0.2) is 51.9 Å². The summed E-state index contributed by atoms with van der Waals surface area (Å²) in [4.78, 5) is 69.6. The number of benzene rings is 4. The molecular weight excluding hydrogens is 859 g/mol. The van der Waals surface area contributed by atoms with Gasteiger partial charge < -0.3 is 20.9 Å². The molecule has 2 saturated heterocycles. The van der Waals surface area contributed by atoms with Gasteiger partial charge in [-0.2, -0.15) is 0 Å². The summed E-state index contributed by atoms with van der Waals surface area (Å²) in [6.45, 7) is 3.87. The Labute approximate surface area is 379 Å². The van der Waals surface area contributed by atoms with Crippen molar-refractivity contribution >= 4 is 64.0 Å². The van der Waals surface area contributed by atoms with E-state index in [1.807, 2.05) is 6.07 Å². The number of carbonyl (C=O) groups excluding carboxylic acids is 5. The van der Waals surface area contributed by atoms with Crippen molar-refractivity contribution in [2.75, 3.05) is 10.6 Å². The summed E-state index contributed by atoms with van der Waals surface area (Å²) >= 11 is 12.8. The van der Waals surface area contributed by atoms with Crippen LogP contribution >= 0.6 is 23.2 Å². The van der Waals surface area contributed by atoms with E-state index >= 15 is 4.39 Å². The van der Waals surface area contributed by atoms with Gasteiger partial charge in [-0.25, -0.2) is 8.78 Å². The number of nitrogens with zero attached hydrogens (tertiary/aromatic N) is 1. The zero-order valence-corrected chi connectivity index (χ0v) is 36.4. The normalized spacial score (nSPS) is 23.1. The molecule has 9 rings (SSSR count). The Morgan fingerprint density at radius 3 is 2.48 bits per heavy atom. The first-order chi connectivity index (χ1) is 30.8. The van der Waals surface area contributed by atoms with Crippen LogP contribution in [-0.2, 0) is 26.3 Å². The number of fused-ring (bicyclic) bond motifs is 4. The summed E-state index contributed by atoms with van der Waals surface area (Å²) < 4.78 is 31.1. The van der Waals surface area contributed by atoms with Crippen LogP contribution in [0, 0.1) is 23.5 Å². The maximum absolute atomic E-state index is 16.3. The third-order valence-electron chi connectivity index (χ3n) is 13.7. The molecule has 4 amide bonds. The molecule has 1 aliphatic carbocycles. The number of carbonyl (C=O) groups is 5. The molecule has 4 aliphatic heterocycles. The maximum Gasteiger partial charge on any atom is 0.258 e. The third-order valence-corrected chi connectivity index (χ3v) is 14.2. The molecule has 1 saturated carbocycles. The molecular formula is C50H45Cl2F2N5O5. The summed E-state index contributed by atoms with van der Waals surface area (Å²) in [5.74, 6) is 2.12. The minimum atomic E-state index is -1.36. The first-order valence-corrected chi connectivity index (χ1v) is 22.5. The SMILES string of the molecule is C=C1CCC(N2Cc3c(C#CCCCCC(=O)c4ccc(NC(=O)[C@@H]5NC6(CCCCC6)[C@@]6(C(=O)Nc7cc(Cl)ccc76)[C@H]5c5cccc(Cl)c5F)cc4)ccc(F)c3C2=O)C(=O)N1. The van der Waals surface area contributed by atoms with Crippen molar-refractivity contribution in [2.24, 2.45) is 0 Å². The van der Waals surface area contributed by atoms with E-state index in [4.69, 9.17) is 23.2 Å². The van der Waals surface area contributed by atoms with Gasteiger partial charge in [0.05, 0.1) is 16.6 Å². The largest absolute Gasteiger partial charge is 0.329 e. The predicted octanol–water partition coefficient (Wildman–Crippen LogP) is 9.10. The van der Waals surface area contributed by atoms with Crippen molar-refractivity contribution in [3.8, 4) is 11.8 Å². The number of piperidine rings is 1. The number of Topliss-reactive ketones (excluding diaryl/α,β-unsaturated/α-hetero) is 1. The van der Waals surface area contributed by atoms with E-state index in [2.05, 4.69) is 39.7 Å². The lowest BCUT2D eigenvalue weighted by Crippen LogP contribution is -2.60. The van der Waals surface area contributed by atoms with Crippen molar-refractivity contribution in [3.63, 3.8) is 0 Å². The molecule has 328 valence electrons. The van der Waals surface area contributed by atoms with Crippen LogP contribution in [0.1, 0.15) is 120 Å². The number of ketones is 1. The summed E-state index contributed by atoms with van der Waals surface area (Å²) in [5, 5.41) is 12.7. The zero-order valence-electron chi connectivity index (χ0n) is 34.9. The van der Waals surface area contributed by atoms with Crippen molar-refractivity contribution in [1.82, 2.24) is 15.5 Å². The predicted molar refractivity (Wildman–Crippen MR) is 240 cm³/mol. The molecule has 64 heavy (non-hydrogen) atoms. The molecule has 3 fully saturated rings. The molecule has 0 radical (unpaired) electrons. The van der Waals surface area contributed by atoms with Crippen LogP contribution < -0.4 is 21.3 Å². The summed E-state index contributed by atoms with van der Waals surface area (Å²) in [5.41, 5.74) is 1.53. The van der Waals surface area contributed by atoms with Crippen LogP contribution in [0.25, 0.3) is 0 Å². The van der Waals surface area contributed by atoms with Crippen molar-refractivity contribution < 1.29 is 32.8 Å². The van der Waals surface area contributed by atoms with Gasteiger partial charge in [-0.1, -0.05) is 79.1 Å². The number of amides is 4. The molecule has 2 spiro atoms. The van der Waals surface area contributed by atoms with Gasteiger partial charge in [-0.3, -0.25) is 29.3 Å². The Bertz CT molecular complexity index is 2710. The highest BCUT2D eigenvalue weighted by Gasteiger charge is 2.72. The number of anilines is 2. The lowest BCUT2D eigenvalue weighted by molar-refractivity contribution is -0.126. The molecule has 4 aromatic carbocycles. The second-order valence-corrected chi connectivity index (χ2v) is 18.2. The highest BCUT2D eigenvalue weighted by Crippen LogP contribution is 2.63. The summed E-state index contributed by atoms with van der Waals surface area (Å²) in [6, 6.07) is 17.5. The van der Waals surface area contributed by atoms with E-state index in [1.54, 1.807) is 54.6 Å². The number of unbranched alkanes of at least 4 members (excludes halogenated alkanes) is 2. The third kappa shape index (κ3) is 7.37. The fraction of sp³-hybridized carbons (Fsp3) is 0.340. The second-order valence-electron chi connectivity index (χ2n) is 17.4. The first kappa shape index (κ1) is 43.4. The maximum atomic E-state index is 16.3. The van der Waals surface area contributed by atoms with Gasteiger partial charge in [0.15, 0.2) is 5.78 Å². The Morgan fingerprint density at radius 2 is 1.72 bits per heavy atom. The Morgan fingerprint density at radius 1 is 0.938 bits per heavy atom. The molecule has 0 bridgehead atoms. The number of rotatable bonds is 9. The van der Waals surface area contributed by atoms with Crippen molar-refractivity contribution in [2.45, 2.75) is 106 Å². The molecule has 10 nitrogen and oxygen atoms in total. The lowest BCUT2D eigenvalue weighted by Gasteiger charge is -2.47. The minimum absolute atomic E-state index is 0.0518. The summed E-state index contributed by atoms with van der Waals surface area (Å²) in [6.07, 6.45) is 6.62. The number of allylic oxidation sites excluding steroid dienone is 1. The average molecular weight is 905 g/mol. The monoisotopic (exact) mass is 903 g/mol. The van der Waals surface area contributed by atoms with Gasteiger partial charge >= 0.3 is 0 Å². The standard InChI is InChI=1S/C50H45Cl2F2N5O5/c1-28-14-23-39(45(61)55-28)59-27-34-29(17-22-37(53)41(34)47(59)63)10-5-2-3-6-13-40(60)30-15-19-32(20-16-30)56-46(62)44-42(33-11-9-12-36(52)43(33)54)50(49(58-44)24-7-4-8-25-49)35-21-18-31(51)26-38(35)57-48(50)64/h9,11-12,15-22,26,39,42,44,58H,1-4,6-8,13-14,23-25,27H2,(H,55,61)(H,56,62)(H,57,64)/t39?,42-,44+,50+/m0/s1. The van der Waals surface area contributed by atoms with E-state index in [1.165, 1.54) is 17.0 Å². The molecule has 4 N–H and O–H groups in total. The Kier molecular flexibility index (Phi) is 11.7. The van der Waals surface area contributed by atoms with Crippen molar-refractivity contribution in [1.29, 1.82) is 0 Å². The number of hydrogen-bond donors (Lipinski definition) is 4. The van der Waals surface area contributed by atoms with E-state index < -0.39 is 52.4 Å². The van der Waals surface area contributed by atoms with E-state index in [-0.39, 0.29) is 46.7 Å². The Hall–Kier alpha value is -5.87.